The Morgan fingerprint density at radius 3 is 2.36 bits per heavy atom. The average Bonchev–Trinajstić information content (AvgIpc) is 3.19. The molecule has 0 fully saturated rings. The Hall–Kier alpha value is -3.37. The van der Waals surface area contributed by atoms with E-state index in [9.17, 15) is 0 Å². The number of hydrogen-bond acceptors (Lipinski definition) is 2. The van der Waals surface area contributed by atoms with Gasteiger partial charge in [0.2, 0.25) is 0 Å². The quantitative estimate of drug-likeness (QED) is 0.517. The average molecular weight is 386 g/mol. The number of imidazole rings is 1. The van der Waals surface area contributed by atoms with Crippen molar-refractivity contribution in [1.29, 1.82) is 0 Å². The molecule has 0 saturated carbocycles. The third-order valence-corrected chi connectivity index (χ3v) is 5.19. The van der Waals surface area contributed by atoms with E-state index in [0.29, 0.717) is 6.42 Å². The van der Waals surface area contributed by atoms with Gasteiger partial charge in [-0.05, 0) is 29.8 Å². The highest BCUT2D eigenvalue weighted by Crippen LogP contribution is 2.30. The molecule has 0 saturated heterocycles. The zero-order valence-corrected chi connectivity index (χ0v) is 15.8. The van der Waals surface area contributed by atoms with Crippen LogP contribution in [-0.2, 0) is 0 Å². The molecule has 0 atom stereocenters. The van der Waals surface area contributed by atoms with Crippen LogP contribution in [0.3, 0.4) is 0 Å². The first-order valence-corrected chi connectivity index (χ1v) is 9.53. The maximum Gasteiger partial charge on any atom is 0.283 e. The molecule has 3 N–H and O–H groups in total. The van der Waals surface area contributed by atoms with E-state index < -0.39 is 0 Å². The van der Waals surface area contributed by atoms with Gasteiger partial charge in [-0.25, -0.2) is 9.97 Å². The largest absolute Gasteiger partial charge is 0.283 e. The second kappa shape index (κ2) is 6.98. The number of para-hydroxylation sites is 2. The molecular weight excluding hydrogens is 368 g/mol. The fraction of sp³-hybridized carbons (Fsp3) is 0.0435. The maximum absolute atomic E-state index is 6.05. The summed E-state index contributed by atoms with van der Waals surface area (Å²) in [5.74, 6) is 0.980. The number of H-pyrrole nitrogens is 2. The lowest BCUT2D eigenvalue weighted by Gasteiger charge is -2.19. The van der Waals surface area contributed by atoms with Crippen molar-refractivity contribution in [1.82, 2.24) is 10.4 Å². The number of hydrazone groups is 1. The molecule has 3 aromatic carbocycles. The predicted octanol–water partition coefficient (Wildman–Crippen LogP) is 4.90. The van der Waals surface area contributed by atoms with E-state index in [1.807, 2.05) is 54.6 Å². The number of nitrogens with zero attached hydrogens (tertiary/aromatic N) is 1. The summed E-state index contributed by atoms with van der Waals surface area (Å²) in [6.45, 7) is 0. The van der Waals surface area contributed by atoms with Crippen LogP contribution in [0.1, 0.15) is 23.4 Å². The van der Waals surface area contributed by atoms with Crippen molar-refractivity contribution >= 4 is 39.6 Å². The van der Waals surface area contributed by atoms with E-state index in [1.54, 1.807) is 0 Å². The van der Waals surface area contributed by atoms with Crippen molar-refractivity contribution in [3.63, 3.8) is 0 Å². The molecule has 2 heterocycles. The first-order valence-electron chi connectivity index (χ1n) is 9.15. The molecule has 5 rings (SSSR count). The van der Waals surface area contributed by atoms with Gasteiger partial charge in [0.25, 0.3) is 5.82 Å². The molecule has 5 heteroatoms. The van der Waals surface area contributed by atoms with E-state index in [0.717, 1.165) is 50.0 Å². The van der Waals surface area contributed by atoms with Gasteiger partial charge in [0, 0.05) is 17.0 Å². The highest BCUT2D eigenvalue weighted by Gasteiger charge is 2.25. The SMILES string of the molecule is Clc1ccc(C2=NNC(c3ccccc3)=C(c3[nH]c4ccccc4[nH+]3)C2)cc1. The Morgan fingerprint density at radius 1 is 0.821 bits per heavy atom. The van der Waals surface area contributed by atoms with Gasteiger partial charge in [-0.1, -0.05) is 66.2 Å². The third-order valence-electron chi connectivity index (χ3n) is 4.94. The van der Waals surface area contributed by atoms with Crippen molar-refractivity contribution < 1.29 is 4.98 Å². The maximum atomic E-state index is 6.05. The van der Waals surface area contributed by atoms with Crippen LogP contribution in [0.15, 0.2) is 84.0 Å². The Morgan fingerprint density at radius 2 is 1.57 bits per heavy atom. The van der Waals surface area contributed by atoms with E-state index >= 15 is 0 Å². The number of aromatic amines is 2. The van der Waals surface area contributed by atoms with Crippen molar-refractivity contribution in [3.8, 4) is 0 Å². The first-order chi connectivity index (χ1) is 13.8. The van der Waals surface area contributed by atoms with Gasteiger partial charge in [-0.2, -0.15) is 5.10 Å². The molecule has 136 valence electrons. The Labute approximate surface area is 167 Å². The smallest absolute Gasteiger partial charge is 0.277 e. The van der Waals surface area contributed by atoms with Crippen LogP contribution in [0.4, 0.5) is 0 Å². The van der Waals surface area contributed by atoms with Crippen LogP contribution in [0.25, 0.3) is 22.3 Å². The summed E-state index contributed by atoms with van der Waals surface area (Å²) >= 11 is 6.05. The number of allylic oxidation sites excluding steroid dienone is 1. The minimum absolute atomic E-state index is 0.697. The molecule has 4 aromatic rings. The molecule has 0 aliphatic carbocycles. The molecule has 0 bridgehead atoms. The monoisotopic (exact) mass is 385 g/mol. The van der Waals surface area contributed by atoms with Crippen LogP contribution in [0.2, 0.25) is 5.02 Å². The lowest BCUT2D eigenvalue weighted by Crippen LogP contribution is -2.22. The number of halogens is 1. The number of aromatic nitrogens is 2. The summed E-state index contributed by atoms with van der Waals surface area (Å²) in [5, 5.41) is 5.37. The van der Waals surface area contributed by atoms with Crippen LogP contribution < -0.4 is 10.4 Å². The number of rotatable bonds is 3. The van der Waals surface area contributed by atoms with Gasteiger partial charge in [-0.3, -0.25) is 5.43 Å². The molecule has 0 amide bonds. The van der Waals surface area contributed by atoms with E-state index in [1.165, 1.54) is 0 Å². The molecule has 0 spiro atoms. The van der Waals surface area contributed by atoms with Crippen molar-refractivity contribution in [3.05, 3.63) is 101 Å². The van der Waals surface area contributed by atoms with Gasteiger partial charge in [-0.15, -0.1) is 0 Å². The first kappa shape index (κ1) is 16.8. The van der Waals surface area contributed by atoms with Gasteiger partial charge in [0.05, 0.1) is 17.0 Å². The lowest BCUT2D eigenvalue weighted by atomic mass is 9.96. The van der Waals surface area contributed by atoms with Crippen LogP contribution in [0, 0.1) is 0 Å². The van der Waals surface area contributed by atoms with E-state index in [2.05, 4.69) is 44.8 Å². The van der Waals surface area contributed by atoms with Crippen molar-refractivity contribution in [2.45, 2.75) is 6.42 Å². The zero-order chi connectivity index (χ0) is 18.9. The Balaban J connectivity index is 1.62. The molecule has 1 aromatic heterocycles. The second-order valence-electron chi connectivity index (χ2n) is 6.74. The number of nitrogens with one attached hydrogen (secondary N) is 3. The Bertz CT molecular complexity index is 1170. The topological polar surface area (TPSA) is 54.3 Å². The zero-order valence-electron chi connectivity index (χ0n) is 15.0. The standard InChI is InChI=1S/C23H17ClN4/c24-17-12-10-15(11-13-17)21-14-18(22(28-27-21)16-6-2-1-3-7-16)23-25-19-8-4-5-9-20(19)26-23/h1-13,28H,14H2,(H,25,26)/p+1. The van der Waals surface area contributed by atoms with Gasteiger partial charge < -0.3 is 0 Å². The predicted molar refractivity (Wildman–Crippen MR) is 114 cm³/mol. The van der Waals surface area contributed by atoms with Crippen molar-refractivity contribution in [2.75, 3.05) is 0 Å². The molecule has 0 unspecified atom stereocenters. The summed E-state index contributed by atoms with van der Waals surface area (Å²) in [4.78, 5) is 7.03. The highest BCUT2D eigenvalue weighted by molar-refractivity contribution is 6.30. The Kier molecular flexibility index (Phi) is 4.18. The second-order valence-corrected chi connectivity index (χ2v) is 7.18. The number of hydrogen-bond donors (Lipinski definition) is 2. The van der Waals surface area contributed by atoms with E-state index in [-0.39, 0.29) is 0 Å². The van der Waals surface area contributed by atoms with Crippen LogP contribution >= 0.6 is 11.6 Å². The minimum Gasteiger partial charge on any atom is -0.277 e. The highest BCUT2D eigenvalue weighted by atomic mass is 35.5. The normalized spacial score (nSPS) is 14.1. The van der Waals surface area contributed by atoms with Crippen molar-refractivity contribution in [2.24, 2.45) is 5.10 Å². The summed E-state index contributed by atoms with van der Waals surface area (Å²) in [5.41, 5.74) is 10.7. The summed E-state index contributed by atoms with van der Waals surface area (Å²) < 4.78 is 0. The van der Waals surface area contributed by atoms with Gasteiger partial charge in [0.15, 0.2) is 11.0 Å². The van der Waals surface area contributed by atoms with Crippen LogP contribution in [-0.4, -0.2) is 10.7 Å². The summed E-state index contributed by atoms with van der Waals surface area (Å²) in [7, 11) is 0. The van der Waals surface area contributed by atoms with Crippen LogP contribution in [0.5, 0.6) is 0 Å². The van der Waals surface area contributed by atoms with E-state index in [4.69, 9.17) is 11.6 Å². The number of fused-ring (bicyclic) bond motifs is 1. The summed E-state index contributed by atoms with van der Waals surface area (Å²) in [6, 6.07) is 26.3. The molecule has 28 heavy (non-hydrogen) atoms. The molecule has 1 aliphatic rings. The molecule has 4 nitrogen and oxygen atoms in total. The lowest BCUT2D eigenvalue weighted by molar-refractivity contribution is -0.348. The fourth-order valence-electron chi connectivity index (χ4n) is 3.50. The summed E-state index contributed by atoms with van der Waals surface area (Å²) in [6.07, 6.45) is 0.697. The van der Waals surface area contributed by atoms with Gasteiger partial charge >= 0.3 is 0 Å². The third kappa shape index (κ3) is 3.08. The van der Waals surface area contributed by atoms with Gasteiger partial charge in [0.1, 0.15) is 0 Å². The molecule has 1 aliphatic heterocycles. The molecular formula is C23H18ClN4+. The number of benzene rings is 3. The molecule has 0 radical (unpaired) electrons. The minimum atomic E-state index is 0.697. The fourth-order valence-corrected chi connectivity index (χ4v) is 3.63.